The smallest absolute Gasteiger partial charge is 0.242 e. The van der Waals surface area contributed by atoms with Crippen molar-refractivity contribution in [3.8, 4) is 12.1 Å². The Labute approximate surface area is 125 Å². The molecule has 0 bridgehead atoms. The highest BCUT2D eigenvalue weighted by Gasteiger charge is 2.26. The van der Waals surface area contributed by atoms with Crippen LogP contribution in [0.3, 0.4) is 0 Å². The summed E-state index contributed by atoms with van der Waals surface area (Å²) < 4.78 is 0. The molecule has 0 N–H and O–H groups in total. The number of benzene rings is 1. The summed E-state index contributed by atoms with van der Waals surface area (Å²) in [5.74, 6) is 0.512. The molecule has 5 nitrogen and oxygen atoms in total. The van der Waals surface area contributed by atoms with Gasteiger partial charge in [0, 0.05) is 19.6 Å². The van der Waals surface area contributed by atoms with Gasteiger partial charge in [-0.2, -0.15) is 10.5 Å². The number of hydrogen-bond donors (Lipinski definition) is 0. The largest absolute Gasteiger partial charge is 0.359 e. The van der Waals surface area contributed by atoms with Crippen LogP contribution in [0.15, 0.2) is 18.2 Å². The zero-order valence-electron chi connectivity index (χ0n) is 12.3. The number of rotatable bonds is 3. The summed E-state index contributed by atoms with van der Waals surface area (Å²) >= 11 is 0. The second-order valence-electron chi connectivity index (χ2n) is 5.58. The summed E-state index contributed by atoms with van der Waals surface area (Å²) in [5.41, 5.74) is 1.38. The van der Waals surface area contributed by atoms with E-state index in [9.17, 15) is 10.1 Å². The SMILES string of the molecule is CC(C)CN1CCN(c2cccc(C#N)c2C#N)CC1=O. The lowest BCUT2D eigenvalue weighted by atomic mass is 10.1. The van der Waals surface area contributed by atoms with E-state index < -0.39 is 0 Å². The fourth-order valence-electron chi connectivity index (χ4n) is 2.56. The van der Waals surface area contributed by atoms with Gasteiger partial charge in [0.05, 0.1) is 23.4 Å². The van der Waals surface area contributed by atoms with Gasteiger partial charge in [-0.15, -0.1) is 0 Å². The lowest BCUT2D eigenvalue weighted by molar-refractivity contribution is -0.131. The number of nitrogens with zero attached hydrogens (tertiary/aromatic N) is 4. The van der Waals surface area contributed by atoms with Crippen molar-refractivity contribution >= 4 is 11.6 Å². The number of amides is 1. The van der Waals surface area contributed by atoms with E-state index in [2.05, 4.69) is 19.9 Å². The summed E-state index contributed by atoms with van der Waals surface area (Å²) in [6.45, 7) is 6.53. The van der Waals surface area contributed by atoms with Crippen LogP contribution in [-0.2, 0) is 4.79 Å². The maximum absolute atomic E-state index is 12.2. The third kappa shape index (κ3) is 3.14. The highest BCUT2D eigenvalue weighted by Crippen LogP contribution is 2.24. The Balaban J connectivity index is 2.21. The molecule has 1 aliphatic heterocycles. The number of hydrogen-bond acceptors (Lipinski definition) is 4. The molecule has 1 saturated heterocycles. The Morgan fingerprint density at radius 3 is 2.57 bits per heavy atom. The molecule has 5 heteroatoms. The zero-order chi connectivity index (χ0) is 15.4. The zero-order valence-corrected chi connectivity index (χ0v) is 12.3. The molecule has 1 aliphatic rings. The van der Waals surface area contributed by atoms with Crippen LogP contribution in [0.2, 0.25) is 0 Å². The molecule has 108 valence electrons. The van der Waals surface area contributed by atoms with Gasteiger partial charge >= 0.3 is 0 Å². The molecule has 0 aromatic heterocycles. The fourth-order valence-corrected chi connectivity index (χ4v) is 2.56. The van der Waals surface area contributed by atoms with E-state index in [0.29, 0.717) is 35.8 Å². The molecule has 1 aromatic rings. The minimum atomic E-state index is 0.0706. The molecular weight excluding hydrogens is 264 g/mol. The molecule has 21 heavy (non-hydrogen) atoms. The van der Waals surface area contributed by atoms with Crippen LogP contribution in [-0.4, -0.2) is 37.0 Å². The van der Waals surface area contributed by atoms with Crippen molar-refractivity contribution in [3.63, 3.8) is 0 Å². The molecule has 0 atom stereocenters. The van der Waals surface area contributed by atoms with Crippen LogP contribution in [0.5, 0.6) is 0 Å². The number of anilines is 1. The van der Waals surface area contributed by atoms with Gasteiger partial charge in [-0.1, -0.05) is 19.9 Å². The van der Waals surface area contributed by atoms with Gasteiger partial charge in [0.15, 0.2) is 0 Å². The van der Waals surface area contributed by atoms with Crippen LogP contribution >= 0.6 is 0 Å². The molecule has 1 amide bonds. The van der Waals surface area contributed by atoms with Crippen molar-refractivity contribution in [1.82, 2.24) is 4.90 Å². The van der Waals surface area contributed by atoms with Crippen LogP contribution in [0.4, 0.5) is 5.69 Å². The molecule has 0 unspecified atom stereocenters. The number of nitriles is 2. The van der Waals surface area contributed by atoms with E-state index in [4.69, 9.17) is 5.26 Å². The highest BCUT2D eigenvalue weighted by atomic mass is 16.2. The topological polar surface area (TPSA) is 71.1 Å². The predicted octanol–water partition coefficient (Wildman–Crippen LogP) is 1.73. The van der Waals surface area contributed by atoms with Gasteiger partial charge in [-0.25, -0.2) is 0 Å². The monoisotopic (exact) mass is 282 g/mol. The number of carbonyl (C=O) groups excluding carboxylic acids is 1. The summed E-state index contributed by atoms with van der Waals surface area (Å²) in [6.07, 6.45) is 0. The predicted molar refractivity (Wildman–Crippen MR) is 79.5 cm³/mol. The lowest BCUT2D eigenvalue weighted by Gasteiger charge is -2.36. The molecule has 1 heterocycles. The molecule has 0 spiro atoms. The van der Waals surface area contributed by atoms with E-state index in [1.54, 1.807) is 18.2 Å². The Kier molecular flexibility index (Phi) is 4.45. The van der Waals surface area contributed by atoms with Crippen molar-refractivity contribution in [2.24, 2.45) is 5.92 Å². The first-order valence-electron chi connectivity index (χ1n) is 7.02. The van der Waals surface area contributed by atoms with Gasteiger partial charge in [-0.05, 0) is 18.1 Å². The first kappa shape index (κ1) is 14.9. The Bertz CT molecular complexity index is 624. The molecule has 0 aliphatic carbocycles. The van der Waals surface area contributed by atoms with E-state index in [0.717, 1.165) is 6.54 Å². The Morgan fingerprint density at radius 2 is 2.00 bits per heavy atom. The molecular formula is C16H18N4O. The van der Waals surface area contributed by atoms with Crippen molar-refractivity contribution in [1.29, 1.82) is 10.5 Å². The van der Waals surface area contributed by atoms with Crippen molar-refractivity contribution in [2.45, 2.75) is 13.8 Å². The fraction of sp³-hybridized carbons (Fsp3) is 0.438. The van der Waals surface area contributed by atoms with E-state index in [1.165, 1.54) is 0 Å². The molecule has 0 radical (unpaired) electrons. The first-order chi connectivity index (χ1) is 10.1. The van der Waals surface area contributed by atoms with E-state index in [-0.39, 0.29) is 12.5 Å². The van der Waals surface area contributed by atoms with E-state index >= 15 is 0 Å². The highest BCUT2D eigenvalue weighted by molar-refractivity contribution is 5.84. The molecule has 1 aromatic carbocycles. The van der Waals surface area contributed by atoms with Gasteiger partial charge < -0.3 is 9.80 Å². The maximum Gasteiger partial charge on any atom is 0.242 e. The quantitative estimate of drug-likeness (QED) is 0.846. The molecule has 0 saturated carbocycles. The third-order valence-electron chi connectivity index (χ3n) is 3.52. The standard InChI is InChI=1S/C16H18N4O/c1-12(2)10-20-7-6-19(11-16(20)21)15-5-3-4-13(8-17)14(15)9-18/h3-5,12H,6-7,10-11H2,1-2H3. The normalized spacial score (nSPS) is 15.0. The third-order valence-corrected chi connectivity index (χ3v) is 3.52. The van der Waals surface area contributed by atoms with Crippen molar-refractivity contribution in [3.05, 3.63) is 29.3 Å². The van der Waals surface area contributed by atoms with E-state index in [1.807, 2.05) is 15.9 Å². The number of carbonyl (C=O) groups is 1. The van der Waals surface area contributed by atoms with Gasteiger partial charge in [-0.3, -0.25) is 4.79 Å². The molecule has 1 fully saturated rings. The maximum atomic E-state index is 12.2. The second-order valence-corrected chi connectivity index (χ2v) is 5.58. The first-order valence-corrected chi connectivity index (χ1v) is 7.02. The van der Waals surface area contributed by atoms with Crippen molar-refractivity contribution in [2.75, 3.05) is 31.1 Å². The minimum absolute atomic E-state index is 0.0706. The van der Waals surface area contributed by atoms with Crippen LogP contribution < -0.4 is 4.90 Å². The van der Waals surface area contributed by atoms with Crippen LogP contribution in [0, 0.1) is 28.6 Å². The average Bonchev–Trinajstić information content (AvgIpc) is 2.48. The molecule has 2 rings (SSSR count). The van der Waals surface area contributed by atoms with Crippen molar-refractivity contribution < 1.29 is 4.79 Å². The average molecular weight is 282 g/mol. The Morgan fingerprint density at radius 1 is 1.24 bits per heavy atom. The lowest BCUT2D eigenvalue weighted by Crippen LogP contribution is -2.51. The van der Waals surface area contributed by atoms with Crippen LogP contribution in [0.1, 0.15) is 25.0 Å². The van der Waals surface area contributed by atoms with Crippen LogP contribution in [0.25, 0.3) is 0 Å². The summed E-state index contributed by atoms with van der Waals surface area (Å²) in [4.78, 5) is 16.0. The van der Waals surface area contributed by atoms with Gasteiger partial charge in [0.2, 0.25) is 5.91 Å². The summed E-state index contributed by atoms with van der Waals surface area (Å²) in [6, 6.07) is 9.28. The minimum Gasteiger partial charge on any atom is -0.359 e. The summed E-state index contributed by atoms with van der Waals surface area (Å²) in [5, 5.41) is 18.3. The second kappa shape index (κ2) is 6.28. The van der Waals surface area contributed by atoms with Gasteiger partial charge in [0.25, 0.3) is 0 Å². The van der Waals surface area contributed by atoms with Gasteiger partial charge in [0.1, 0.15) is 12.1 Å². The Hall–Kier alpha value is -2.53. The number of piperazine rings is 1. The summed E-state index contributed by atoms with van der Waals surface area (Å²) in [7, 11) is 0.